The number of carbonyl (C=O) groups is 2. The number of hydrogen-bond donors (Lipinski definition) is 2. The molecule has 6 heteroatoms. The lowest BCUT2D eigenvalue weighted by molar-refractivity contribution is 0.102. The van der Waals surface area contributed by atoms with E-state index in [4.69, 9.17) is 4.74 Å². The van der Waals surface area contributed by atoms with Crippen molar-refractivity contribution in [2.75, 3.05) is 17.2 Å². The zero-order valence-electron chi connectivity index (χ0n) is 19.9. The van der Waals surface area contributed by atoms with Crippen LogP contribution in [0.15, 0.2) is 65.1 Å². The van der Waals surface area contributed by atoms with E-state index in [0.29, 0.717) is 34.9 Å². The van der Waals surface area contributed by atoms with Gasteiger partial charge in [0.15, 0.2) is 0 Å². The summed E-state index contributed by atoms with van der Waals surface area (Å²) in [7, 11) is 0. The first-order valence-electron chi connectivity index (χ1n) is 11.6. The van der Waals surface area contributed by atoms with Crippen LogP contribution in [-0.2, 0) is 0 Å². The normalized spacial score (nSPS) is 10.6. The number of aryl methyl sites for hydroxylation is 2. The molecule has 0 heterocycles. The highest BCUT2D eigenvalue weighted by molar-refractivity contribution is 9.10. The molecule has 0 fully saturated rings. The standard InChI is InChI=1S/C28H31BrN2O3/c1-4-5-6-9-16-34-26-15-13-21(18-24(26)29)27(32)31-25-11-8-7-10-23(25)28(33)30-22-14-12-19(2)20(3)17-22/h7-8,10-15,17-18H,4-6,9,16H2,1-3H3,(H,30,33)(H,31,32). The predicted octanol–water partition coefficient (Wildman–Crippen LogP) is 7.53. The molecule has 3 rings (SSSR count). The Kier molecular flexibility index (Phi) is 9.28. The number of unbranched alkanes of at least 4 members (excludes halogenated alkanes) is 3. The van der Waals surface area contributed by atoms with Crippen LogP contribution in [0.3, 0.4) is 0 Å². The zero-order chi connectivity index (χ0) is 24.5. The molecule has 3 aromatic rings. The Morgan fingerprint density at radius 3 is 2.38 bits per heavy atom. The maximum absolute atomic E-state index is 12.9. The SMILES string of the molecule is CCCCCCOc1ccc(C(=O)Nc2ccccc2C(=O)Nc2ccc(C)c(C)c2)cc1Br. The molecule has 0 atom stereocenters. The van der Waals surface area contributed by atoms with Crippen LogP contribution in [0.2, 0.25) is 0 Å². The highest BCUT2D eigenvalue weighted by atomic mass is 79.9. The van der Waals surface area contributed by atoms with Crippen LogP contribution in [0, 0.1) is 13.8 Å². The van der Waals surface area contributed by atoms with Crippen molar-refractivity contribution >= 4 is 39.1 Å². The van der Waals surface area contributed by atoms with Crippen molar-refractivity contribution in [3.05, 3.63) is 87.4 Å². The third kappa shape index (κ3) is 6.94. The molecule has 0 aliphatic carbocycles. The molecule has 0 aliphatic heterocycles. The molecule has 0 aromatic heterocycles. The molecule has 178 valence electrons. The second-order valence-electron chi connectivity index (χ2n) is 8.31. The summed E-state index contributed by atoms with van der Waals surface area (Å²) in [5.41, 5.74) is 4.27. The summed E-state index contributed by atoms with van der Waals surface area (Å²) < 4.78 is 6.55. The number of rotatable bonds is 10. The first-order chi connectivity index (χ1) is 16.4. The van der Waals surface area contributed by atoms with Gasteiger partial charge in [-0.05, 0) is 89.8 Å². The van der Waals surface area contributed by atoms with Crippen LogP contribution in [-0.4, -0.2) is 18.4 Å². The monoisotopic (exact) mass is 522 g/mol. The summed E-state index contributed by atoms with van der Waals surface area (Å²) in [6.45, 7) is 6.85. The van der Waals surface area contributed by atoms with Crippen molar-refractivity contribution in [1.29, 1.82) is 0 Å². The van der Waals surface area contributed by atoms with Crippen molar-refractivity contribution in [1.82, 2.24) is 0 Å². The molecule has 5 nitrogen and oxygen atoms in total. The van der Waals surface area contributed by atoms with Crippen molar-refractivity contribution < 1.29 is 14.3 Å². The minimum absolute atomic E-state index is 0.285. The Morgan fingerprint density at radius 1 is 0.853 bits per heavy atom. The number of carbonyl (C=O) groups excluding carboxylic acids is 2. The average molecular weight is 523 g/mol. The van der Waals surface area contributed by atoms with Crippen LogP contribution in [0.25, 0.3) is 0 Å². The minimum atomic E-state index is -0.304. The van der Waals surface area contributed by atoms with E-state index in [1.807, 2.05) is 32.0 Å². The Morgan fingerprint density at radius 2 is 1.65 bits per heavy atom. The second kappa shape index (κ2) is 12.4. The molecular formula is C28H31BrN2O3. The number of nitrogens with one attached hydrogen (secondary N) is 2. The van der Waals surface area contributed by atoms with E-state index < -0.39 is 0 Å². The van der Waals surface area contributed by atoms with Gasteiger partial charge in [-0.3, -0.25) is 9.59 Å². The summed E-state index contributed by atoms with van der Waals surface area (Å²) in [6.07, 6.45) is 4.53. The molecule has 0 unspecified atom stereocenters. The molecule has 0 saturated heterocycles. The van der Waals surface area contributed by atoms with Gasteiger partial charge in [0.25, 0.3) is 11.8 Å². The van der Waals surface area contributed by atoms with E-state index in [2.05, 4.69) is 33.5 Å². The van der Waals surface area contributed by atoms with E-state index >= 15 is 0 Å². The molecule has 2 N–H and O–H groups in total. The molecule has 3 aromatic carbocycles. The van der Waals surface area contributed by atoms with Gasteiger partial charge in [-0.15, -0.1) is 0 Å². The topological polar surface area (TPSA) is 67.4 Å². The summed E-state index contributed by atoms with van der Waals surface area (Å²) >= 11 is 3.50. The third-order valence-corrected chi connectivity index (χ3v) is 6.25. The zero-order valence-corrected chi connectivity index (χ0v) is 21.5. The lowest BCUT2D eigenvalue weighted by atomic mass is 10.1. The van der Waals surface area contributed by atoms with E-state index in [1.165, 1.54) is 12.8 Å². The fourth-order valence-corrected chi connectivity index (χ4v) is 3.97. The molecule has 0 aliphatic rings. The molecule has 0 spiro atoms. The van der Waals surface area contributed by atoms with E-state index in [9.17, 15) is 9.59 Å². The number of hydrogen-bond acceptors (Lipinski definition) is 3. The average Bonchev–Trinajstić information content (AvgIpc) is 2.82. The van der Waals surface area contributed by atoms with Crippen molar-refractivity contribution in [2.45, 2.75) is 46.5 Å². The molecule has 34 heavy (non-hydrogen) atoms. The molecule has 2 amide bonds. The third-order valence-electron chi connectivity index (χ3n) is 5.63. The lowest BCUT2D eigenvalue weighted by Crippen LogP contribution is -2.18. The van der Waals surface area contributed by atoms with E-state index in [1.54, 1.807) is 42.5 Å². The van der Waals surface area contributed by atoms with Crippen molar-refractivity contribution in [3.63, 3.8) is 0 Å². The van der Waals surface area contributed by atoms with Crippen molar-refractivity contribution in [2.24, 2.45) is 0 Å². The maximum Gasteiger partial charge on any atom is 0.257 e. The predicted molar refractivity (Wildman–Crippen MR) is 142 cm³/mol. The summed E-state index contributed by atoms with van der Waals surface area (Å²) in [5.74, 6) is 0.120. The summed E-state index contributed by atoms with van der Waals surface area (Å²) in [4.78, 5) is 25.8. The number of amides is 2. The second-order valence-corrected chi connectivity index (χ2v) is 9.16. The minimum Gasteiger partial charge on any atom is -0.492 e. The number of halogens is 1. The molecule has 0 radical (unpaired) electrons. The van der Waals surface area contributed by atoms with Crippen LogP contribution < -0.4 is 15.4 Å². The van der Waals surface area contributed by atoms with Crippen LogP contribution in [0.4, 0.5) is 11.4 Å². The van der Waals surface area contributed by atoms with Crippen LogP contribution in [0.5, 0.6) is 5.75 Å². The van der Waals surface area contributed by atoms with Gasteiger partial charge in [0.1, 0.15) is 5.75 Å². The number of benzene rings is 3. The molecular weight excluding hydrogens is 492 g/mol. The first kappa shape index (κ1) is 25.5. The fourth-order valence-electron chi connectivity index (χ4n) is 3.47. The lowest BCUT2D eigenvalue weighted by Gasteiger charge is -2.13. The Labute approximate surface area is 210 Å². The van der Waals surface area contributed by atoms with Crippen LogP contribution >= 0.6 is 15.9 Å². The highest BCUT2D eigenvalue weighted by Crippen LogP contribution is 2.27. The smallest absolute Gasteiger partial charge is 0.257 e. The summed E-state index contributed by atoms with van der Waals surface area (Å²) in [5, 5.41) is 5.78. The number of ether oxygens (including phenoxy) is 1. The van der Waals surface area contributed by atoms with Gasteiger partial charge in [0.05, 0.1) is 22.3 Å². The molecule has 0 bridgehead atoms. The number of anilines is 2. The Bertz CT molecular complexity index is 1160. The number of para-hydroxylation sites is 1. The quantitative estimate of drug-likeness (QED) is 0.270. The van der Waals surface area contributed by atoms with Gasteiger partial charge in [0, 0.05) is 11.3 Å². The Balaban J connectivity index is 1.67. The largest absolute Gasteiger partial charge is 0.492 e. The molecule has 0 saturated carbocycles. The van der Waals surface area contributed by atoms with E-state index in [0.717, 1.165) is 28.4 Å². The van der Waals surface area contributed by atoms with Gasteiger partial charge in [-0.1, -0.05) is 44.4 Å². The van der Waals surface area contributed by atoms with Gasteiger partial charge in [-0.2, -0.15) is 0 Å². The van der Waals surface area contributed by atoms with Gasteiger partial charge >= 0.3 is 0 Å². The van der Waals surface area contributed by atoms with Crippen LogP contribution in [0.1, 0.15) is 64.4 Å². The highest BCUT2D eigenvalue weighted by Gasteiger charge is 2.16. The van der Waals surface area contributed by atoms with Gasteiger partial charge < -0.3 is 15.4 Å². The first-order valence-corrected chi connectivity index (χ1v) is 12.4. The Hall–Kier alpha value is -3.12. The maximum atomic E-state index is 12.9. The van der Waals surface area contributed by atoms with Gasteiger partial charge in [0.2, 0.25) is 0 Å². The van der Waals surface area contributed by atoms with E-state index in [-0.39, 0.29) is 11.8 Å². The van der Waals surface area contributed by atoms with Gasteiger partial charge in [-0.25, -0.2) is 0 Å². The van der Waals surface area contributed by atoms with Crippen molar-refractivity contribution in [3.8, 4) is 5.75 Å². The fraction of sp³-hybridized carbons (Fsp3) is 0.286. The summed E-state index contributed by atoms with van der Waals surface area (Å²) in [6, 6.07) is 18.0.